The zero-order chi connectivity index (χ0) is 24.6. The number of carbonyl (C=O) groups is 1. The Morgan fingerprint density at radius 2 is 1.44 bits per heavy atom. The molecule has 0 aliphatic heterocycles. The zero-order valence-electron chi connectivity index (χ0n) is 19.3. The van der Waals surface area contributed by atoms with Crippen LogP contribution in [0.4, 0.5) is 13.2 Å². The van der Waals surface area contributed by atoms with Crippen molar-refractivity contribution in [3.8, 4) is 16.9 Å². The molecule has 1 atom stereocenters. The highest BCUT2D eigenvalue weighted by Crippen LogP contribution is 2.31. The van der Waals surface area contributed by atoms with Gasteiger partial charge < -0.3 is 10.5 Å². The summed E-state index contributed by atoms with van der Waals surface area (Å²) in [7, 11) is 0. The molecule has 3 rings (SSSR count). The first kappa shape index (κ1) is 25.3. The first-order chi connectivity index (χ1) is 16.3. The number of benzene rings is 3. The molecule has 0 aliphatic carbocycles. The second kappa shape index (κ2) is 11.7. The van der Waals surface area contributed by atoms with Crippen LogP contribution >= 0.6 is 0 Å². The summed E-state index contributed by atoms with van der Waals surface area (Å²) in [5, 5.41) is 0. The zero-order valence-corrected chi connectivity index (χ0v) is 19.3. The first-order valence-electron chi connectivity index (χ1n) is 11.6. The van der Waals surface area contributed by atoms with Gasteiger partial charge >= 0.3 is 6.18 Å². The van der Waals surface area contributed by atoms with E-state index in [-0.39, 0.29) is 5.92 Å². The molecule has 0 aliphatic rings. The smallest absolute Gasteiger partial charge is 0.416 e. The normalized spacial score (nSPS) is 12.4. The van der Waals surface area contributed by atoms with Crippen molar-refractivity contribution in [2.45, 2.75) is 51.1 Å². The van der Waals surface area contributed by atoms with E-state index < -0.39 is 17.6 Å². The average molecular weight is 470 g/mol. The van der Waals surface area contributed by atoms with Gasteiger partial charge in [0.1, 0.15) is 5.75 Å². The number of alkyl halides is 3. The van der Waals surface area contributed by atoms with E-state index in [0.29, 0.717) is 23.5 Å². The van der Waals surface area contributed by atoms with Crippen LogP contribution in [0.2, 0.25) is 0 Å². The van der Waals surface area contributed by atoms with Gasteiger partial charge in [0.05, 0.1) is 12.2 Å². The lowest BCUT2D eigenvalue weighted by molar-refractivity contribution is -0.137. The Morgan fingerprint density at radius 3 is 1.97 bits per heavy atom. The van der Waals surface area contributed by atoms with Crippen LogP contribution in [0.15, 0.2) is 72.8 Å². The molecule has 0 spiro atoms. The van der Waals surface area contributed by atoms with Crippen LogP contribution in [-0.2, 0) is 6.18 Å². The molecule has 0 bridgehead atoms. The molecule has 3 aromatic carbocycles. The van der Waals surface area contributed by atoms with Gasteiger partial charge in [-0.1, -0.05) is 69.0 Å². The van der Waals surface area contributed by atoms with Gasteiger partial charge in [-0.05, 0) is 59.5 Å². The first-order valence-corrected chi connectivity index (χ1v) is 11.6. The number of unbranched alkanes of at least 4 members (excludes halogenated alkanes) is 3. The molecule has 0 radical (unpaired) electrons. The molecule has 0 aromatic heterocycles. The van der Waals surface area contributed by atoms with Crippen molar-refractivity contribution >= 4 is 5.91 Å². The standard InChI is InChI=1S/C28H30F3NO2/c1-2-3-4-5-6-24(22-7-9-23(10-8-22)27(32)33)19-34-26-17-13-21(14-18-26)20-11-15-25(16-12-20)28(29,30)31/h7-18,24H,2-6,19H2,1H3,(H2,32,33). The Labute approximate surface area is 198 Å². The Kier molecular flexibility index (Phi) is 8.74. The fourth-order valence-electron chi connectivity index (χ4n) is 3.88. The number of rotatable bonds is 11. The van der Waals surface area contributed by atoms with Crippen molar-refractivity contribution in [2.24, 2.45) is 5.73 Å². The number of halogens is 3. The van der Waals surface area contributed by atoms with Crippen molar-refractivity contribution in [2.75, 3.05) is 6.61 Å². The quantitative estimate of drug-likeness (QED) is 0.294. The van der Waals surface area contributed by atoms with Gasteiger partial charge in [0.25, 0.3) is 0 Å². The lowest BCUT2D eigenvalue weighted by atomic mass is 9.93. The van der Waals surface area contributed by atoms with E-state index in [0.717, 1.165) is 42.5 Å². The van der Waals surface area contributed by atoms with Crippen molar-refractivity contribution < 1.29 is 22.7 Å². The van der Waals surface area contributed by atoms with Crippen molar-refractivity contribution in [1.82, 2.24) is 0 Å². The Balaban J connectivity index is 1.66. The Hall–Kier alpha value is -3.28. The van der Waals surface area contributed by atoms with Gasteiger partial charge in [-0.15, -0.1) is 0 Å². The van der Waals surface area contributed by atoms with Crippen LogP contribution in [0.5, 0.6) is 5.75 Å². The molecule has 0 fully saturated rings. The molecule has 3 nitrogen and oxygen atoms in total. The number of primary amides is 1. The SMILES string of the molecule is CCCCCCC(COc1ccc(-c2ccc(C(F)(F)F)cc2)cc1)c1ccc(C(N)=O)cc1. The van der Waals surface area contributed by atoms with Crippen LogP contribution in [0.1, 0.15) is 66.4 Å². The van der Waals surface area contributed by atoms with Gasteiger partial charge in [0, 0.05) is 11.5 Å². The summed E-state index contributed by atoms with van der Waals surface area (Å²) >= 11 is 0. The second-order valence-corrected chi connectivity index (χ2v) is 8.44. The topological polar surface area (TPSA) is 52.3 Å². The summed E-state index contributed by atoms with van der Waals surface area (Å²) in [6.07, 6.45) is 1.24. The van der Waals surface area contributed by atoms with Gasteiger partial charge in [0.2, 0.25) is 5.91 Å². The van der Waals surface area contributed by atoms with E-state index in [2.05, 4.69) is 6.92 Å². The molecule has 2 N–H and O–H groups in total. The van der Waals surface area contributed by atoms with Crippen molar-refractivity contribution in [3.05, 3.63) is 89.5 Å². The molecule has 0 saturated carbocycles. The second-order valence-electron chi connectivity index (χ2n) is 8.44. The van der Waals surface area contributed by atoms with E-state index in [1.807, 2.05) is 36.4 Å². The number of hydrogen-bond acceptors (Lipinski definition) is 2. The third-order valence-corrected chi connectivity index (χ3v) is 5.92. The number of ether oxygens (including phenoxy) is 1. The average Bonchev–Trinajstić information content (AvgIpc) is 2.83. The maximum atomic E-state index is 12.8. The predicted molar refractivity (Wildman–Crippen MR) is 129 cm³/mol. The fourth-order valence-corrected chi connectivity index (χ4v) is 3.88. The minimum atomic E-state index is -4.34. The summed E-state index contributed by atoms with van der Waals surface area (Å²) in [4.78, 5) is 11.4. The molecule has 180 valence electrons. The summed E-state index contributed by atoms with van der Waals surface area (Å²) in [6, 6.07) is 19.8. The Bertz CT molecular complexity index is 1040. The van der Waals surface area contributed by atoms with Gasteiger partial charge in [0.15, 0.2) is 0 Å². The van der Waals surface area contributed by atoms with Crippen molar-refractivity contribution in [1.29, 1.82) is 0 Å². The molecule has 1 amide bonds. The number of hydrogen-bond donors (Lipinski definition) is 1. The third-order valence-electron chi connectivity index (χ3n) is 5.92. The molecular weight excluding hydrogens is 439 g/mol. The molecule has 3 aromatic rings. The van der Waals surface area contributed by atoms with E-state index >= 15 is 0 Å². The highest BCUT2D eigenvalue weighted by Gasteiger charge is 2.29. The Morgan fingerprint density at radius 1 is 0.853 bits per heavy atom. The van der Waals surface area contributed by atoms with E-state index in [1.54, 1.807) is 12.1 Å². The lowest BCUT2D eigenvalue weighted by Crippen LogP contribution is -2.13. The summed E-state index contributed by atoms with van der Waals surface area (Å²) in [5.74, 6) is 0.423. The predicted octanol–water partition coefficient (Wildman–Crippen LogP) is 7.60. The molecule has 0 saturated heterocycles. The molecular formula is C28H30F3NO2. The minimum Gasteiger partial charge on any atom is -0.493 e. The number of nitrogens with two attached hydrogens (primary N) is 1. The molecule has 0 heterocycles. The van der Waals surface area contributed by atoms with Crippen LogP contribution in [0, 0.1) is 0 Å². The molecule has 34 heavy (non-hydrogen) atoms. The number of carbonyl (C=O) groups excluding carboxylic acids is 1. The summed E-state index contributed by atoms with van der Waals surface area (Å²) in [5.41, 5.74) is 7.80. The fraction of sp³-hybridized carbons (Fsp3) is 0.321. The highest BCUT2D eigenvalue weighted by molar-refractivity contribution is 5.92. The van der Waals surface area contributed by atoms with Crippen LogP contribution < -0.4 is 10.5 Å². The maximum absolute atomic E-state index is 12.8. The summed E-state index contributed by atoms with van der Waals surface area (Å²) in [6.45, 7) is 2.67. The minimum absolute atomic E-state index is 0.174. The summed E-state index contributed by atoms with van der Waals surface area (Å²) < 4.78 is 44.4. The highest BCUT2D eigenvalue weighted by atomic mass is 19.4. The molecule has 1 unspecified atom stereocenters. The largest absolute Gasteiger partial charge is 0.493 e. The van der Waals surface area contributed by atoms with Gasteiger partial charge in [-0.25, -0.2) is 0 Å². The molecule has 6 heteroatoms. The van der Waals surface area contributed by atoms with Crippen molar-refractivity contribution in [3.63, 3.8) is 0 Å². The van der Waals surface area contributed by atoms with Gasteiger partial charge in [-0.2, -0.15) is 13.2 Å². The monoisotopic (exact) mass is 469 g/mol. The van der Waals surface area contributed by atoms with Crippen LogP contribution in [0.25, 0.3) is 11.1 Å². The van der Waals surface area contributed by atoms with E-state index in [4.69, 9.17) is 10.5 Å². The van der Waals surface area contributed by atoms with E-state index in [9.17, 15) is 18.0 Å². The van der Waals surface area contributed by atoms with E-state index in [1.165, 1.54) is 25.0 Å². The van der Waals surface area contributed by atoms with Crippen LogP contribution in [0.3, 0.4) is 0 Å². The van der Waals surface area contributed by atoms with Crippen LogP contribution in [-0.4, -0.2) is 12.5 Å². The third kappa shape index (κ3) is 7.11. The van der Waals surface area contributed by atoms with Gasteiger partial charge in [-0.3, -0.25) is 4.79 Å². The lowest BCUT2D eigenvalue weighted by Gasteiger charge is -2.19. The maximum Gasteiger partial charge on any atom is 0.416 e. The number of amides is 1.